The van der Waals surface area contributed by atoms with E-state index in [2.05, 4.69) is 75.6 Å². The monoisotopic (exact) mass is 630 g/mol. The van der Waals surface area contributed by atoms with Crippen LogP contribution in [0.2, 0.25) is 0 Å². The molecule has 2 saturated heterocycles. The summed E-state index contributed by atoms with van der Waals surface area (Å²) in [6.45, 7) is 21.3. The molecule has 0 amide bonds. The Bertz CT molecular complexity index is 1280. The molecule has 2 heterocycles. The first kappa shape index (κ1) is 34.9. The van der Waals surface area contributed by atoms with Crippen molar-refractivity contribution in [1.82, 2.24) is 9.80 Å². The second kappa shape index (κ2) is 14.8. The summed E-state index contributed by atoms with van der Waals surface area (Å²) in [4.78, 5) is 16.2. The minimum absolute atomic E-state index is 0.159. The van der Waals surface area contributed by atoms with Crippen molar-refractivity contribution in [2.75, 3.05) is 45.0 Å². The number of anilines is 1. The molecule has 254 valence electrons. The molecule has 6 nitrogen and oxygen atoms in total. The van der Waals surface area contributed by atoms with E-state index in [4.69, 9.17) is 5.73 Å². The van der Waals surface area contributed by atoms with Gasteiger partial charge >= 0.3 is 0 Å². The van der Waals surface area contributed by atoms with Gasteiger partial charge in [0.25, 0.3) is 5.69 Å². The van der Waals surface area contributed by atoms with Crippen LogP contribution in [0.1, 0.15) is 104 Å². The Morgan fingerprint density at radius 3 is 1.54 bits per heavy atom. The molecule has 0 bridgehead atoms. The molecule has 2 aromatic carbocycles. The van der Waals surface area contributed by atoms with Gasteiger partial charge in [0.1, 0.15) is 0 Å². The topological polar surface area (TPSA) is 75.6 Å². The summed E-state index contributed by atoms with van der Waals surface area (Å²) in [5.41, 5.74) is 10.4. The maximum absolute atomic E-state index is 11.1. The molecule has 4 aliphatic rings. The first-order valence-corrected chi connectivity index (χ1v) is 18.7. The zero-order valence-electron chi connectivity index (χ0n) is 29.7. The van der Waals surface area contributed by atoms with Crippen molar-refractivity contribution in [2.24, 2.45) is 35.5 Å². The van der Waals surface area contributed by atoms with E-state index in [0.29, 0.717) is 29.1 Å². The normalized spacial score (nSPS) is 29.8. The van der Waals surface area contributed by atoms with Gasteiger partial charge in [-0.15, -0.1) is 0 Å². The van der Waals surface area contributed by atoms with Gasteiger partial charge in [0.05, 0.1) is 4.92 Å². The zero-order valence-corrected chi connectivity index (χ0v) is 29.7. The van der Waals surface area contributed by atoms with E-state index in [-0.39, 0.29) is 16.0 Å². The van der Waals surface area contributed by atoms with Gasteiger partial charge in [0.15, 0.2) is 0 Å². The van der Waals surface area contributed by atoms with Crippen molar-refractivity contribution in [3.63, 3.8) is 0 Å². The van der Waals surface area contributed by atoms with Crippen molar-refractivity contribution in [1.29, 1.82) is 0 Å². The molecule has 0 radical (unpaired) electrons. The van der Waals surface area contributed by atoms with Gasteiger partial charge in [-0.25, -0.2) is 0 Å². The Hall–Kier alpha value is -2.44. The number of likely N-dealkylation sites (tertiary alicyclic amines) is 2. The van der Waals surface area contributed by atoms with Gasteiger partial charge in [0, 0.05) is 54.8 Å². The number of piperidine rings is 2. The van der Waals surface area contributed by atoms with E-state index < -0.39 is 0 Å². The minimum atomic E-state index is -0.268. The molecule has 0 spiro atoms. The van der Waals surface area contributed by atoms with Crippen molar-refractivity contribution < 1.29 is 4.92 Å². The maximum atomic E-state index is 11.1. The highest BCUT2D eigenvalue weighted by Gasteiger charge is 2.70. The molecule has 2 N–H and O–H groups in total. The van der Waals surface area contributed by atoms with Gasteiger partial charge in [0.2, 0.25) is 0 Å². The lowest BCUT2D eigenvalue weighted by molar-refractivity contribution is -0.385. The highest BCUT2D eigenvalue weighted by Crippen LogP contribution is 2.68. The summed E-state index contributed by atoms with van der Waals surface area (Å²) in [7, 11) is 0. The summed E-state index contributed by atoms with van der Waals surface area (Å²) < 4.78 is 0. The number of rotatable bonds is 15. The predicted octanol–water partition coefficient (Wildman–Crippen LogP) is 8.94. The second-order valence-corrected chi connectivity index (χ2v) is 15.7. The molecular weight excluding hydrogens is 568 g/mol. The summed E-state index contributed by atoms with van der Waals surface area (Å²) in [5, 5.41) is 11.1. The Morgan fingerprint density at radius 2 is 1.15 bits per heavy atom. The SMILES string of the molecule is CCCCCCN1CC2C(C1)C2(c1cccc(N)c1)C(C)C.CCCCCCN1CC2C(C1)C2(c1cccc([N+](=O)[O-])c1)C(C)C. The number of nitrogens with zero attached hydrogens (tertiary/aromatic N) is 3. The van der Waals surface area contributed by atoms with E-state index >= 15 is 0 Å². The van der Waals surface area contributed by atoms with Crippen molar-refractivity contribution in [3.05, 3.63) is 69.8 Å². The fourth-order valence-electron chi connectivity index (χ4n) is 10.3. The van der Waals surface area contributed by atoms with Crippen LogP contribution >= 0.6 is 0 Å². The summed E-state index contributed by atoms with van der Waals surface area (Å²) in [6.07, 6.45) is 10.8. The predicted molar refractivity (Wildman–Crippen MR) is 192 cm³/mol. The average molecular weight is 631 g/mol. The summed E-state index contributed by atoms with van der Waals surface area (Å²) >= 11 is 0. The van der Waals surface area contributed by atoms with Crippen LogP contribution in [-0.2, 0) is 10.8 Å². The number of hydrogen-bond acceptors (Lipinski definition) is 5. The van der Waals surface area contributed by atoms with Crippen LogP contribution in [0, 0.1) is 45.6 Å². The second-order valence-electron chi connectivity index (χ2n) is 15.7. The molecule has 0 aromatic heterocycles. The Labute approximate surface area is 279 Å². The first-order chi connectivity index (χ1) is 22.1. The van der Waals surface area contributed by atoms with Crippen LogP contribution in [-0.4, -0.2) is 54.0 Å². The van der Waals surface area contributed by atoms with E-state index in [1.165, 1.54) is 88.7 Å². The lowest BCUT2D eigenvalue weighted by Crippen LogP contribution is -2.33. The lowest BCUT2D eigenvalue weighted by atomic mass is 9.80. The molecule has 6 rings (SSSR count). The van der Waals surface area contributed by atoms with Crippen LogP contribution in [0.4, 0.5) is 11.4 Å². The fraction of sp³-hybridized carbons (Fsp3) is 0.700. The molecular formula is C40H62N4O2. The van der Waals surface area contributed by atoms with Crippen molar-refractivity contribution in [2.45, 2.75) is 104 Å². The minimum Gasteiger partial charge on any atom is -0.399 e. The van der Waals surface area contributed by atoms with Crippen LogP contribution < -0.4 is 5.73 Å². The average Bonchev–Trinajstić information content (AvgIpc) is 3.66. The van der Waals surface area contributed by atoms with E-state index in [0.717, 1.165) is 30.6 Å². The van der Waals surface area contributed by atoms with Crippen LogP contribution in [0.15, 0.2) is 48.5 Å². The molecule has 2 aliphatic carbocycles. The van der Waals surface area contributed by atoms with E-state index in [9.17, 15) is 10.1 Å². The third-order valence-corrected chi connectivity index (χ3v) is 12.5. The van der Waals surface area contributed by atoms with Gasteiger partial charge < -0.3 is 15.5 Å². The molecule has 4 unspecified atom stereocenters. The molecule has 46 heavy (non-hydrogen) atoms. The number of benzene rings is 2. The third-order valence-electron chi connectivity index (χ3n) is 12.5. The molecule has 2 aliphatic heterocycles. The number of non-ortho nitro benzene ring substituents is 1. The maximum Gasteiger partial charge on any atom is 0.269 e. The number of nitro groups is 1. The number of unbranched alkanes of at least 4 members (excludes halogenated alkanes) is 6. The number of nitrogens with two attached hydrogens (primary N) is 1. The number of nitrogen functional groups attached to an aromatic ring is 1. The molecule has 4 fully saturated rings. The summed E-state index contributed by atoms with van der Waals surface area (Å²) in [5.74, 6) is 4.26. The Kier molecular flexibility index (Phi) is 11.2. The first-order valence-electron chi connectivity index (χ1n) is 18.7. The molecule has 6 heteroatoms. The third kappa shape index (κ3) is 6.63. The van der Waals surface area contributed by atoms with Gasteiger partial charge in [-0.3, -0.25) is 10.1 Å². The van der Waals surface area contributed by atoms with Crippen LogP contribution in [0.25, 0.3) is 0 Å². The Morgan fingerprint density at radius 1 is 0.717 bits per heavy atom. The van der Waals surface area contributed by atoms with Crippen molar-refractivity contribution >= 4 is 11.4 Å². The van der Waals surface area contributed by atoms with Crippen molar-refractivity contribution in [3.8, 4) is 0 Å². The molecule has 2 saturated carbocycles. The summed E-state index contributed by atoms with van der Waals surface area (Å²) in [6, 6.07) is 16.1. The number of hydrogen-bond donors (Lipinski definition) is 1. The van der Waals surface area contributed by atoms with Gasteiger partial charge in [-0.1, -0.05) is 104 Å². The standard InChI is InChI=1S/C20H30N2O2.C20H32N2/c1-4-5-6-7-11-21-13-18-19(14-21)20(18,15(2)3)16-9-8-10-17(12-16)22(23)24;1-4-5-6-7-11-22-13-18-19(14-22)20(18,15(2)3)16-9-8-10-17(21)12-16/h8-10,12,15,18-19H,4-7,11,13-14H2,1-3H3;8-10,12,15,18-19H,4-7,11,13-14,21H2,1-3H3. The largest absolute Gasteiger partial charge is 0.399 e. The lowest BCUT2D eigenvalue weighted by Gasteiger charge is -2.30. The highest BCUT2D eigenvalue weighted by atomic mass is 16.6. The highest BCUT2D eigenvalue weighted by molar-refractivity contribution is 5.49. The van der Waals surface area contributed by atoms with Gasteiger partial charge in [-0.2, -0.15) is 0 Å². The van der Waals surface area contributed by atoms with Crippen LogP contribution in [0.3, 0.4) is 0 Å². The van der Waals surface area contributed by atoms with Crippen LogP contribution in [0.5, 0.6) is 0 Å². The van der Waals surface area contributed by atoms with E-state index in [1.807, 2.05) is 18.2 Å². The molecule has 2 aromatic rings. The van der Waals surface area contributed by atoms with E-state index in [1.54, 1.807) is 6.07 Å². The molecule has 4 atom stereocenters. The fourth-order valence-corrected chi connectivity index (χ4v) is 10.3. The zero-order chi connectivity index (χ0) is 33.1. The Balaban J connectivity index is 0.000000182. The smallest absolute Gasteiger partial charge is 0.269 e. The number of nitro benzene ring substituents is 1. The van der Waals surface area contributed by atoms with Gasteiger partial charge in [-0.05, 0) is 84.7 Å². The quantitative estimate of drug-likeness (QED) is 0.0920. The number of fused-ring (bicyclic) bond motifs is 2.